The van der Waals surface area contributed by atoms with E-state index in [1.54, 1.807) is 6.92 Å². The number of H-pyrrole nitrogens is 1. The van der Waals surface area contributed by atoms with Crippen molar-refractivity contribution in [2.45, 2.75) is 13.0 Å². The number of nitrogens with zero attached hydrogens (tertiary/aromatic N) is 3. The summed E-state index contributed by atoms with van der Waals surface area (Å²) >= 11 is 0. The van der Waals surface area contributed by atoms with E-state index in [1.807, 2.05) is 7.05 Å². The molecule has 2 rings (SSSR count). The van der Waals surface area contributed by atoms with Crippen LogP contribution in [0.2, 0.25) is 0 Å². The lowest BCUT2D eigenvalue weighted by molar-refractivity contribution is 0.00279. The van der Waals surface area contributed by atoms with Gasteiger partial charge < -0.3 is 9.47 Å². The molecule has 1 saturated heterocycles. The SMILES string of the molecule is CCOC(=O)c1n[nH]nc1C1COCCN1C. The first-order valence-corrected chi connectivity index (χ1v) is 5.59. The maximum atomic E-state index is 11.7. The molecule has 0 amide bonds. The predicted octanol–water partition coefficient (Wildman–Crippen LogP) is -0.0155. The van der Waals surface area contributed by atoms with E-state index in [0.717, 1.165) is 6.54 Å². The van der Waals surface area contributed by atoms with Crippen molar-refractivity contribution in [1.82, 2.24) is 20.3 Å². The van der Waals surface area contributed by atoms with E-state index in [-0.39, 0.29) is 11.7 Å². The van der Waals surface area contributed by atoms with Crippen LogP contribution >= 0.6 is 0 Å². The number of morpholine rings is 1. The fourth-order valence-electron chi connectivity index (χ4n) is 1.80. The van der Waals surface area contributed by atoms with Gasteiger partial charge in [-0.25, -0.2) is 4.79 Å². The van der Waals surface area contributed by atoms with Gasteiger partial charge in [0.2, 0.25) is 0 Å². The van der Waals surface area contributed by atoms with Gasteiger partial charge in [0.05, 0.1) is 25.9 Å². The van der Waals surface area contributed by atoms with Crippen LogP contribution in [0.3, 0.4) is 0 Å². The summed E-state index contributed by atoms with van der Waals surface area (Å²) < 4.78 is 10.3. The molecule has 1 N–H and O–H groups in total. The molecule has 1 aromatic heterocycles. The van der Waals surface area contributed by atoms with Crippen molar-refractivity contribution in [3.63, 3.8) is 0 Å². The lowest BCUT2D eigenvalue weighted by Crippen LogP contribution is -2.37. The zero-order valence-electron chi connectivity index (χ0n) is 9.97. The third-order valence-corrected chi connectivity index (χ3v) is 2.76. The summed E-state index contributed by atoms with van der Waals surface area (Å²) in [6.45, 7) is 4.09. The minimum atomic E-state index is -0.449. The van der Waals surface area contributed by atoms with Gasteiger partial charge in [0, 0.05) is 6.54 Å². The van der Waals surface area contributed by atoms with Crippen LogP contribution < -0.4 is 0 Å². The molecule has 1 aliphatic rings. The van der Waals surface area contributed by atoms with Crippen molar-refractivity contribution < 1.29 is 14.3 Å². The van der Waals surface area contributed by atoms with Crippen molar-refractivity contribution in [3.8, 4) is 0 Å². The number of aromatic nitrogens is 3. The molecule has 0 aromatic carbocycles. The molecule has 17 heavy (non-hydrogen) atoms. The topological polar surface area (TPSA) is 80.3 Å². The molecule has 1 unspecified atom stereocenters. The zero-order valence-corrected chi connectivity index (χ0v) is 9.97. The van der Waals surface area contributed by atoms with Gasteiger partial charge in [-0.3, -0.25) is 4.90 Å². The number of hydrogen-bond acceptors (Lipinski definition) is 6. The number of likely N-dealkylation sites (N-methyl/N-ethyl adjacent to an activating group) is 1. The Hall–Kier alpha value is -1.47. The second-order valence-corrected chi connectivity index (χ2v) is 3.85. The summed E-state index contributed by atoms with van der Waals surface area (Å²) in [4.78, 5) is 13.8. The molecule has 2 heterocycles. The summed E-state index contributed by atoms with van der Waals surface area (Å²) in [6, 6.07) is -0.0538. The molecule has 1 fully saturated rings. The van der Waals surface area contributed by atoms with E-state index in [4.69, 9.17) is 9.47 Å². The van der Waals surface area contributed by atoms with E-state index in [2.05, 4.69) is 20.3 Å². The highest BCUT2D eigenvalue weighted by molar-refractivity contribution is 5.88. The highest BCUT2D eigenvalue weighted by Crippen LogP contribution is 2.22. The minimum absolute atomic E-state index is 0.0538. The standard InChI is InChI=1S/C10H16N4O3/c1-3-17-10(15)9-8(11-13-12-9)7-6-16-5-4-14(7)2/h7H,3-6H2,1-2H3,(H,11,12,13). The summed E-state index contributed by atoms with van der Waals surface area (Å²) in [5.74, 6) is -0.449. The van der Waals surface area contributed by atoms with Crippen molar-refractivity contribution in [3.05, 3.63) is 11.4 Å². The molecule has 94 valence electrons. The summed E-state index contributed by atoms with van der Waals surface area (Å²) in [5.41, 5.74) is 0.833. The number of esters is 1. The molecule has 0 radical (unpaired) electrons. The van der Waals surface area contributed by atoms with Crippen LogP contribution in [-0.4, -0.2) is 59.7 Å². The largest absolute Gasteiger partial charge is 0.461 e. The third-order valence-electron chi connectivity index (χ3n) is 2.76. The lowest BCUT2D eigenvalue weighted by Gasteiger charge is -2.31. The van der Waals surface area contributed by atoms with Crippen molar-refractivity contribution in [2.75, 3.05) is 33.4 Å². The second kappa shape index (κ2) is 5.24. The van der Waals surface area contributed by atoms with Gasteiger partial charge in [-0.2, -0.15) is 10.3 Å². The van der Waals surface area contributed by atoms with Crippen LogP contribution in [0.5, 0.6) is 0 Å². The fourth-order valence-corrected chi connectivity index (χ4v) is 1.80. The number of carbonyl (C=O) groups excluding carboxylic acids is 1. The van der Waals surface area contributed by atoms with Crippen LogP contribution in [-0.2, 0) is 9.47 Å². The molecule has 7 heteroatoms. The van der Waals surface area contributed by atoms with Crippen molar-refractivity contribution in [2.24, 2.45) is 0 Å². The number of aromatic amines is 1. The van der Waals surface area contributed by atoms with Gasteiger partial charge >= 0.3 is 5.97 Å². The Morgan fingerprint density at radius 1 is 1.65 bits per heavy atom. The van der Waals surface area contributed by atoms with Crippen LogP contribution in [0.4, 0.5) is 0 Å². The molecule has 0 saturated carbocycles. The quantitative estimate of drug-likeness (QED) is 0.748. The van der Waals surface area contributed by atoms with E-state index in [1.165, 1.54) is 0 Å². The minimum Gasteiger partial charge on any atom is -0.461 e. The Bertz CT molecular complexity index is 393. The number of rotatable bonds is 3. The lowest BCUT2D eigenvalue weighted by atomic mass is 10.1. The average Bonchev–Trinajstić information content (AvgIpc) is 2.79. The van der Waals surface area contributed by atoms with Crippen molar-refractivity contribution >= 4 is 5.97 Å². The molecule has 1 atom stereocenters. The monoisotopic (exact) mass is 240 g/mol. The highest BCUT2D eigenvalue weighted by Gasteiger charge is 2.29. The average molecular weight is 240 g/mol. The molecular formula is C10H16N4O3. The molecule has 0 aliphatic carbocycles. The normalized spacial score (nSPS) is 21.4. The zero-order chi connectivity index (χ0) is 12.3. The molecule has 1 aromatic rings. The number of ether oxygens (including phenoxy) is 2. The van der Waals surface area contributed by atoms with Crippen LogP contribution in [0, 0.1) is 0 Å². The molecule has 0 spiro atoms. The van der Waals surface area contributed by atoms with E-state index in [9.17, 15) is 4.79 Å². The molecule has 1 aliphatic heterocycles. The highest BCUT2D eigenvalue weighted by atomic mass is 16.5. The molecule has 0 bridgehead atoms. The number of hydrogen-bond donors (Lipinski definition) is 1. The molecule has 7 nitrogen and oxygen atoms in total. The summed E-state index contributed by atoms with van der Waals surface area (Å²) in [5, 5.41) is 10.4. The number of nitrogens with one attached hydrogen (secondary N) is 1. The molecular weight excluding hydrogens is 224 g/mol. The van der Waals surface area contributed by atoms with Gasteiger partial charge in [-0.05, 0) is 14.0 Å². The van der Waals surface area contributed by atoms with Gasteiger partial charge in [0.1, 0.15) is 5.69 Å². The Kier molecular flexibility index (Phi) is 3.70. The van der Waals surface area contributed by atoms with E-state index in [0.29, 0.717) is 25.5 Å². The smallest absolute Gasteiger partial charge is 0.360 e. The fraction of sp³-hybridized carbons (Fsp3) is 0.700. The first-order valence-electron chi connectivity index (χ1n) is 5.59. The number of carbonyl (C=O) groups is 1. The second-order valence-electron chi connectivity index (χ2n) is 3.85. The van der Waals surface area contributed by atoms with Gasteiger partial charge in [0.25, 0.3) is 0 Å². The first kappa shape index (κ1) is 12.0. The maximum Gasteiger partial charge on any atom is 0.360 e. The Labute approximate surface area is 99.1 Å². The summed E-state index contributed by atoms with van der Waals surface area (Å²) in [6.07, 6.45) is 0. The van der Waals surface area contributed by atoms with Gasteiger partial charge in [0.15, 0.2) is 5.69 Å². The summed E-state index contributed by atoms with van der Waals surface area (Å²) in [7, 11) is 1.97. The van der Waals surface area contributed by atoms with Gasteiger partial charge in [-0.15, -0.1) is 5.10 Å². The van der Waals surface area contributed by atoms with Crippen molar-refractivity contribution in [1.29, 1.82) is 0 Å². The van der Waals surface area contributed by atoms with Gasteiger partial charge in [-0.1, -0.05) is 0 Å². The Morgan fingerprint density at radius 2 is 2.47 bits per heavy atom. The van der Waals surface area contributed by atoms with E-state index < -0.39 is 5.97 Å². The predicted molar refractivity (Wildman–Crippen MR) is 58.5 cm³/mol. The van der Waals surface area contributed by atoms with Crippen LogP contribution in [0.1, 0.15) is 29.1 Å². The Morgan fingerprint density at radius 3 is 3.18 bits per heavy atom. The van der Waals surface area contributed by atoms with Crippen LogP contribution in [0.15, 0.2) is 0 Å². The third kappa shape index (κ3) is 2.45. The first-order chi connectivity index (χ1) is 8.24. The van der Waals surface area contributed by atoms with Crippen LogP contribution in [0.25, 0.3) is 0 Å². The Balaban J connectivity index is 2.20. The maximum absolute atomic E-state index is 11.7. The van der Waals surface area contributed by atoms with E-state index >= 15 is 0 Å².